The Balaban J connectivity index is 1.48. The first kappa shape index (κ1) is 14.8. The van der Waals surface area contributed by atoms with Crippen LogP contribution in [0.25, 0.3) is 0 Å². The van der Waals surface area contributed by atoms with Crippen LogP contribution >= 0.6 is 0 Å². The second-order valence-corrected chi connectivity index (χ2v) is 6.49. The van der Waals surface area contributed by atoms with Crippen LogP contribution in [-0.4, -0.2) is 60.5 Å². The SMILES string of the molecule is O=C(C1CCN(C(=O)C2CCCO2)CC1)N1CCCCC1. The van der Waals surface area contributed by atoms with Crippen molar-refractivity contribution in [3.63, 3.8) is 0 Å². The molecule has 0 saturated carbocycles. The van der Waals surface area contributed by atoms with Gasteiger partial charge in [-0.25, -0.2) is 0 Å². The summed E-state index contributed by atoms with van der Waals surface area (Å²) in [5, 5.41) is 0. The summed E-state index contributed by atoms with van der Waals surface area (Å²) >= 11 is 0. The molecule has 0 aromatic carbocycles. The first-order valence-electron chi connectivity index (χ1n) is 8.45. The molecule has 3 aliphatic rings. The Morgan fingerprint density at radius 3 is 2.05 bits per heavy atom. The van der Waals surface area contributed by atoms with E-state index in [0.717, 1.165) is 51.6 Å². The smallest absolute Gasteiger partial charge is 0.251 e. The van der Waals surface area contributed by atoms with Crippen molar-refractivity contribution in [1.82, 2.24) is 9.80 Å². The van der Waals surface area contributed by atoms with Gasteiger partial charge in [0.15, 0.2) is 0 Å². The monoisotopic (exact) mass is 294 g/mol. The fraction of sp³-hybridized carbons (Fsp3) is 0.875. The molecule has 5 nitrogen and oxygen atoms in total. The van der Waals surface area contributed by atoms with Crippen LogP contribution in [-0.2, 0) is 14.3 Å². The third kappa shape index (κ3) is 3.39. The van der Waals surface area contributed by atoms with Gasteiger partial charge in [0.2, 0.25) is 5.91 Å². The van der Waals surface area contributed by atoms with E-state index in [1.165, 1.54) is 6.42 Å². The summed E-state index contributed by atoms with van der Waals surface area (Å²) in [4.78, 5) is 28.7. The summed E-state index contributed by atoms with van der Waals surface area (Å²) in [7, 11) is 0. The number of nitrogens with zero attached hydrogens (tertiary/aromatic N) is 2. The maximum absolute atomic E-state index is 12.5. The number of piperidine rings is 2. The van der Waals surface area contributed by atoms with Gasteiger partial charge in [-0.2, -0.15) is 0 Å². The molecular formula is C16H26N2O3. The molecule has 0 aromatic heterocycles. The lowest BCUT2D eigenvalue weighted by atomic mass is 9.94. The van der Waals surface area contributed by atoms with Gasteiger partial charge < -0.3 is 14.5 Å². The molecular weight excluding hydrogens is 268 g/mol. The van der Waals surface area contributed by atoms with Gasteiger partial charge in [-0.15, -0.1) is 0 Å². The van der Waals surface area contributed by atoms with Crippen molar-refractivity contribution in [2.45, 2.75) is 51.0 Å². The summed E-state index contributed by atoms with van der Waals surface area (Å²) in [6.07, 6.45) is 6.77. The van der Waals surface area contributed by atoms with Gasteiger partial charge in [-0.05, 0) is 44.9 Å². The average Bonchev–Trinajstić information content (AvgIpc) is 3.09. The quantitative estimate of drug-likeness (QED) is 0.774. The molecule has 3 saturated heterocycles. The molecule has 0 N–H and O–H groups in total. The van der Waals surface area contributed by atoms with E-state index in [9.17, 15) is 9.59 Å². The highest BCUT2D eigenvalue weighted by Gasteiger charge is 2.34. The number of hydrogen-bond donors (Lipinski definition) is 0. The first-order chi connectivity index (χ1) is 10.3. The number of likely N-dealkylation sites (tertiary alicyclic amines) is 2. The molecule has 21 heavy (non-hydrogen) atoms. The Hall–Kier alpha value is -1.10. The van der Waals surface area contributed by atoms with Crippen LogP contribution in [0.1, 0.15) is 44.9 Å². The fourth-order valence-corrected chi connectivity index (χ4v) is 3.70. The van der Waals surface area contributed by atoms with Gasteiger partial charge in [0.1, 0.15) is 6.10 Å². The second-order valence-electron chi connectivity index (χ2n) is 6.49. The molecule has 0 bridgehead atoms. The molecule has 1 unspecified atom stereocenters. The zero-order valence-corrected chi connectivity index (χ0v) is 12.8. The molecule has 5 heteroatoms. The molecule has 1 atom stereocenters. The molecule has 0 radical (unpaired) electrons. The summed E-state index contributed by atoms with van der Waals surface area (Å²) in [5.41, 5.74) is 0. The third-order valence-corrected chi connectivity index (χ3v) is 5.03. The highest BCUT2D eigenvalue weighted by Crippen LogP contribution is 2.24. The molecule has 118 valence electrons. The molecule has 3 rings (SSSR count). The molecule has 2 amide bonds. The van der Waals surface area contributed by atoms with Crippen LogP contribution in [0.15, 0.2) is 0 Å². The fourth-order valence-electron chi connectivity index (χ4n) is 3.70. The first-order valence-corrected chi connectivity index (χ1v) is 8.45. The molecule has 0 spiro atoms. The number of ether oxygens (including phenoxy) is 1. The lowest BCUT2D eigenvalue weighted by Gasteiger charge is -2.36. The van der Waals surface area contributed by atoms with Crippen LogP contribution in [0.4, 0.5) is 0 Å². The van der Waals surface area contributed by atoms with Crippen molar-refractivity contribution < 1.29 is 14.3 Å². The van der Waals surface area contributed by atoms with Gasteiger partial charge in [-0.1, -0.05) is 0 Å². The minimum atomic E-state index is -0.223. The highest BCUT2D eigenvalue weighted by atomic mass is 16.5. The van der Waals surface area contributed by atoms with Crippen LogP contribution in [0, 0.1) is 5.92 Å². The van der Waals surface area contributed by atoms with E-state index in [2.05, 4.69) is 0 Å². The van der Waals surface area contributed by atoms with E-state index in [1.807, 2.05) is 9.80 Å². The number of rotatable bonds is 2. The van der Waals surface area contributed by atoms with Gasteiger partial charge in [0.25, 0.3) is 5.91 Å². The van der Waals surface area contributed by atoms with Gasteiger partial charge >= 0.3 is 0 Å². The largest absolute Gasteiger partial charge is 0.368 e. The standard InChI is InChI=1S/C16H26N2O3/c19-15(17-8-2-1-3-9-17)13-6-10-18(11-7-13)16(20)14-5-4-12-21-14/h13-14H,1-12H2. The van der Waals surface area contributed by atoms with Gasteiger partial charge in [0.05, 0.1) is 0 Å². The van der Waals surface area contributed by atoms with Crippen LogP contribution in [0.2, 0.25) is 0 Å². The van der Waals surface area contributed by atoms with Crippen LogP contribution in [0.3, 0.4) is 0 Å². The topological polar surface area (TPSA) is 49.9 Å². The van der Waals surface area contributed by atoms with Crippen molar-refractivity contribution in [2.75, 3.05) is 32.8 Å². The Kier molecular flexibility index (Phi) is 4.78. The Morgan fingerprint density at radius 2 is 1.43 bits per heavy atom. The highest BCUT2D eigenvalue weighted by molar-refractivity contribution is 5.82. The molecule has 0 aromatic rings. The van der Waals surface area contributed by atoms with E-state index < -0.39 is 0 Å². The Labute approximate surface area is 126 Å². The minimum absolute atomic E-state index is 0.122. The van der Waals surface area contributed by atoms with E-state index in [1.54, 1.807) is 0 Å². The summed E-state index contributed by atoms with van der Waals surface area (Å²) < 4.78 is 5.47. The maximum atomic E-state index is 12.5. The summed E-state index contributed by atoms with van der Waals surface area (Å²) in [6.45, 7) is 3.98. The van der Waals surface area contributed by atoms with E-state index in [-0.39, 0.29) is 17.9 Å². The Morgan fingerprint density at radius 1 is 0.762 bits per heavy atom. The van der Waals surface area contributed by atoms with Crippen LogP contribution < -0.4 is 0 Å². The number of hydrogen-bond acceptors (Lipinski definition) is 3. The molecule has 0 aliphatic carbocycles. The predicted octanol–water partition coefficient (Wildman–Crippen LogP) is 1.42. The summed E-state index contributed by atoms with van der Waals surface area (Å²) in [5.74, 6) is 0.576. The van der Waals surface area contributed by atoms with Crippen molar-refractivity contribution in [1.29, 1.82) is 0 Å². The van der Waals surface area contributed by atoms with Crippen molar-refractivity contribution >= 4 is 11.8 Å². The minimum Gasteiger partial charge on any atom is -0.368 e. The molecule has 3 fully saturated rings. The molecule has 3 aliphatic heterocycles. The number of carbonyl (C=O) groups is 2. The van der Waals surface area contributed by atoms with E-state index >= 15 is 0 Å². The van der Waals surface area contributed by atoms with Crippen molar-refractivity contribution in [2.24, 2.45) is 5.92 Å². The maximum Gasteiger partial charge on any atom is 0.251 e. The zero-order chi connectivity index (χ0) is 14.7. The lowest BCUT2D eigenvalue weighted by molar-refractivity contribution is -0.146. The zero-order valence-electron chi connectivity index (χ0n) is 12.8. The predicted molar refractivity (Wildman–Crippen MR) is 78.7 cm³/mol. The van der Waals surface area contributed by atoms with E-state index in [4.69, 9.17) is 4.74 Å². The lowest BCUT2D eigenvalue weighted by Crippen LogP contribution is -2.47. The average molecular weight is 294 g/mol. The second kappa shape index (κ2) is 6.77. The third-order valence-electron chi connectivity index (χ3n) is 5.03. The van der Waals surface area contributed by atoms with Crippen molar-refractivity contribution in [3.8, 4) is 0 Å². The normalized spacial score (nSPS) is 27.9. The number of carbonyl (C=O) groups excluding carboxylic acids is 2. The van der Waals surface area contributed by atoms with Gasteiger partial charge in [-0.3, -0.25) is 9.59 Å². The number of amides is 2. The van der Waals surface area contributed by atoms with Crippen molar-refractivity contribution in [3.05, 3.63) is 0 Å². The Bertz CT molecular complexity index is 379. The van der Waals surface area contributed by atoms with Gasteiger partial charge in [0, 0.05) is 38.7 Å². The van der Waals surface area contributed by atoms with E-state index in [0.29, 0.717) is 25.6 Å². The van der Waals surface area contributed by atoms with Crippen LogP contribution in [0.5, 0.6) is 0 Å². The molecule has 3 heterocycles. The summed E-state index contributed by atoms with van der Waals surface area (Å²) in [6, 6.07) is 0.